The molecule has 2 aliphatic rings. The van der Waals surface area contributed by atoms with Crippen molar-refractivity contribution in [2.45, 2.75) is 16.6 Å². The first-order chi connectivity index (χ1) is 14.0. The number of carbonyl (C=O) groups is 3. The number of carboxylic acid groups (broad SMARTS) is 1. The Balaban J connectivity index is 1.50. The van der Waals surface area contributed by atoms with Crippen LogP contribution in [0.5, 0.6) is 0 Å². The number of nitrogens with zero attached hydrogens (tertiary/aromatic N) is 2. The summed E-state index contributed by atoms with van der Waals surface area (Å²) in [6.45, 7) is 2.98. The molecule has 4 rings (SSSR count). The van der Waals surface area contributed by atoms with Crippen molar-refractivity contribution in [1.82, 2.24) is 0 Å². The number of amides is 2. The van der Waals surface area contributed by atoms with Crippen molar-refractivity contribution in [3.63, 3.8) is 0 Å². The van der Waals surface area contributed by atoms with Gasteiger partial charge in [-0.3, -0.25) is 9.59 Å². The molecule has 0 radical (unpaired) electrons. The molecular weight excluding hydrogens is 392 g/mol. The van der Waals surface area contributed by atoms with Gasteiger partial charge in [-0.1, -0.05) is 12.1 Å². The summed E-state index contributed by atoms with van der Waals surface area (Å²) < 4.78 is 5.36. The number of thioether (sulfide) groups is 1. The van der Waals surface area contributed by atoms with E-state index in [0.717, 1.165) is 30.5 Å². The number of rotatable bonds is 5. The maximum atomic E-state index is 12.9. The minimum absolute atomic E-state index is 0.0443. The molecule has 2 aromatic carbocycles. The summed E-state index contributed by atoms with van der Waals surface area (Å²) in [7, 11) is 0. The lowest BCUT2D eigenvalue weighted by atomic mass is 10.2. The molecule has 1 N–H and O–H groups in total. The average Bonchev–Trinajstić information content (AvgIpc) is 3.02. The zero-order chi connectivity index (χ0) is 20.4. The molecule has 2 amide bonds. The van der Waals surface area contributed by atoms with E-state index in [2.05, 4.69) is 4.90 Å². The molecule has 0 aliphatic carbocycles. The molecule has 29 heavy (non-hydrogen) atoms. The number of imide groups is 1. The van der Waals surface area contributed by atoms with E-state index in [4.69, 9.17) is 4.74 Å². The zero-order valence-corrected chi connectivity index (χ0v) is 16.4. The summed E-state index contributed by atoms with van der Waals surface area (Å²) in [4.78, 5) is 40.7. The number of hydrogen-bond donors (Lipinski definition) is 1. The maximum Gasteiger partial charge on any atom is 0.336 e. The second kappa shape index (κ2) is 8.26. The number of carboxylic acids is 1. The summed E-state index contributed by atoms with van der Waals surface area (Å²) in [5.74, 6) is -1.65. The lowest BCUT2D eigenvalue weighted by Crippen LogP contribution is -2.36. The van der Waals surface area contributed by atoms with Gasteiger partial charge in [-0.15, -0.1) is 11.8 Å². The second-order valence-electron chi connectivity index (χ2n) is 6.80. The fourth-order valence-electron chi connectivity index (χ4n) is 3.50. The van der Waals surface area contributed by atoms with Crippen molar-refractivity contribution in [1.29, 1.82) is 0 Å². The molecule has 0 bridgehead atoms. The quantitative estimate of drug-likeness (QED) is 0.756. The fourth-order valence-corrected chi connectivity index (χ4v) is 4.68. The van der Waals surface area contributed by atoms with Crippen LogP contribution in [0.1, 0.15) is 16.8 Å². The summed E-state index contributed by atoms with van der Waals surface area (Å²) in [5, 5.41) is 8.70. The van der Waals surface area contributed by atoms with Crippen molar-refractivity contribution < 1.29 is 24.2 Å². The Bertz CT molecular complexity index is 940. The largest absolute Gasteiger partial charge is 0.478 e. The maximum absolute atomic E-state index is 12.9. The third kappa shape index (κ3) is 3.99. The summed E-state index contributed by atoms with van der Waals surface area (Å²) >= 11 is 1.13. The molecule has 2 fully saturated rings. The van der Waals surface area contributed by atoms with Crippen LogP contribution >= 0.6 is 11.8 Å². The number of benzene rings is 2. The topological polar surface area (TPSA) is 87.2 Å². The highest BCUT2D eigenvalue weighted by molar-refractivity contribution is 8.00. The van der Waals surface area contributed by atoms with E-state index in [1.165, 1.54) is 11.0 Å². The lowest BCUT2D eigenvalue weighted by Gasteiger charge is -2.29. The number of hydrogen-bond acceptors (Lipinski definition) is 6. The van der Waals surface area contributed by atoms with E-state index in [0.29, 0.717) is 23.8 Å². The van der Waals surface area contributed by atoms with Gasteiger partial charge < -0.3 is 14.7 Å². The van der Waals surface area contributed by atoms with E-state index >= 15 is 0 Å². The normalized spacial score (nSPS) is 19.7. The van der Waals surface area contributed by atoms with Gasteiger partial charge in [-0.05, 0) is 36.4 Å². The van der Waals surface area contributed by atoms with Gasteiger partial charge in [0.1, 0.15) is 0 Å². The molecule has 0 saturated carbocycles. The van der Waals surface area contributed by atoms with Crippen molar-refractivity contribution >= 4 is 40.9 Å². The van der Waals surface area contributed by atoms with Crippen molar-refractivity contribution in [2.75, 3.05) is 36.1 Å². The molecule has 7 nitrogen and oxygen atoms in total. The van der Waals surface area contributed by atoms with Crippen LogP contribution < -0.4 is 9.80 Å². The average molecular weight is 412 g/mol. The predicted molar refractivity (Wildman–Crippen MR) is 110 cm³/mol. The van der Waals surface area contributed by atoms with Crippen molar-refractivity contribution in [3.05, 3.63) is 54.1 Å². The van der Waals surface area contributed by atoms with Gasteiger partial charge in [0.25, 0.3) is 0 Å². The predicted octanol–water partition coefficient (Wildman–Crippen LogP) is 2.65. The third-order valence-corrected chi connectivity index (χ3v) is 6.24. The Kier molecular flexibility index (Phi) is 5.55. The number of ether oxygens (including phenoxy) is 1. The Labute approximate surface area is 172 Å². The Morgan fingerprint density at radius 3 is 2.34 bits per heavy atom. The first-order valence-corrected chi connectivity index (χ1v) is 10.2. The van der Waals surface area contributed by atoms with Gasteiger partial charge in [0.05, 0.1) is 29.7 Å². The van der Waals surface area contributed by atoms with Crippen LogP contribution in [0.3, 0.4) is 0 Å². The molecule has 2 saturated heterocycles. The zero-order valence-electron chi connectivity index (χ0n) is 15.6. The van der Waals surface area contributed by atoms with Crippen LogP contribution in [0, 0.1) is 0 Å². The van der Waals surface area contributed by atoms with Gasteiger partial charge >= 0.3 is 5.97 Å². The number of morpholine rings is 1. The molecule has 2 aromatic rings. The van der Waals surface area contributed by atoms with E-state index in [1.54, 1.807) is 30.3 Å². The van der Waals surface area contributed by atoms with E-state index in [9.17, 15) is 19.5 Å². The van der Waals surface area contributed by atoms with Crippen LogP contribution in [-0.2, 0) is 14.3 Å². The Hall–Kier alpha value is -2.84. The van der Waals surface area contributed by atoms with Crippen LogP contribution in [0.2, 0.25) is 0 Å². The molecule has 2 heterocycles. The molecule has 2 aliphatic heterocycles. The standard InChI is InChI=1S/C21H20N2O5S/c24-19-13-18(29-17-4-2-1-3-16(17)21(26)27)20(25)23(19)15-7-5-14(6-8-15)22-9-11-28-12-10-22/h1-8,18H,9-13H2,(H,26,27)/t18-/m0/s1. The van der Waals surface area contributed by atoms with Gasteiger partial charge in [0.2, 0.25) is 11.8 Å². The van der Waals surface area contributed by atoms with E-state index in [-0.39, 0.29) is 23.8 Å². The summed E-state index contributed by atoms with van der Waals surface area (Å²) in [6, 6.07) is 13.9. The molecule has 8 heteroatoms. The highest BCUT2D eigenvalue weighted by atomic mass is 32.2. The van der Waals surface area contributed by atoms with Gasteiger partial charge in [-0.2, -0.15) is 0 Å². The minimum atomic E-state index is -1.06. The summed E-state index contributed by atoms with van der Waals surface area (Å²) in [6.07, 6.45) is 0.0443. The van der Waals surface area contributed by atoms with Gasteiger partial charge in [0.15, 0.2) is 0 Å². The smallest absolute Gasteiger partial charge is 0.336 e. The molecule has 1 atom stereocenters. The van der Waals surface area contributed by atoms with Gasteiger partial charge in [0, 0.05) is 30.1 Å². The molecule has 150 valence electrons. The SMILES string of the molecule is O=C(O)c1ccccc1S[C@H]1CC(=O)N(c2ccc(N3CCOCC3)cc2)C1=O. The highest BCUT2D eigenvalue weighted by Crippen LogP contribution is 2.36. The molecule has 0 spiro atoms. The van der Waals surface area contributed by atoms with Crippen LogP contribution in [0.15, 0.2) is 53.4 Å². The van der Waals surface area contributed by atoms with Crippen molar-refractivity contribution in [2.24, 2.45) is 0 Å². The van der Waals surface area contributed by atoms with Crippen LogP contribution in [0.4, 0.5) is 11.4 Å². The molecule has 0 unspecified atom stereocenters. The van der Waals surface area contributed by atoms with Crippen LogP contribution in [0.25, 0.3) is 0 Å². The first-order valence-electron chi connectivity index (χ1n) is 9.33. The lowest BCUT2D eigenvalue weighted by molar-refractivity contribution is -0.121. The minimum Gasteiger partial charge on any atom is -0.478 e. The third-order valence-electron chi connectivity index (χ3n) is 4.98. The van der Waals surface area contributed by atoms with Gasteiger partial charge in [-0.25, -0.2) is 9.69 Å². The fraction of sp³-hybridized carbons (Fsp3) is 0.286. The Morgan fingerprint density at radius 2 is 1.66 bits per heavy atom. The highest BCUT2D eigenvalue weighted by Gasteiger charge is 2.40. The molecular formula is C21H20N2O5S. The number of anilines is 2. The number of carbonyl (C=O) groups excluding carboxylic acids is 2. The molecule has 0 aromatic heterocycles. The van der Waals surface area contributed by atoms with E-state index < -0.39 is 11.2 Å². The van der Waals surface area contributed by atoms with E-state index in [1.807, 2.05) is 12.1 Å². The van der Waals surface area contributed by atoms with Crippen LogP contribution in [-0.4, -0.2) is 54.4 Å². The monoisotopic (exact) mass is 412 g/mol. The number of aromatic carboxylic acids is 1. The Morgan fingerprint density at radius 1 is 1.00 bits per heavy atom. The second-order valence-corrected chi connectivity index (χ2v) is 8.04. The summed E-state index contributed by atoms with van der Waals surface area (Å²) in [5.41, 5.74) is 1.69. The first kappa shape index (κ1) is 19.5. The van der Waals surface area contributed by atoms with Crippen molar-refractivity contribution in [3.8, 4) is 0 Å².